The quantitative estimate of drug-likeness (QED) is 0.198. The highest BCUT2D eigenvalue weighted by Crippen LogP contribution is 2.38. The zero-order valence-corrected chi connectivity index (χ0v) is 25.6. The Bertz CT molecular complexity index is 1020. The van der Waals surface area contributed by atoms with Gasteiger partial charge in [0.15, 0.2) is 11.5 Å². The Kier molecular flexibility index (Phi) is 13.8. The van der Waals surface area contributed by atoms with Crippen molar-refractivity contribution in [2.24, 2.45) is 28.9 Å². The molecule has 6 atom stereocenters. The maximum atomic E-state index is 12.8. The molecule has 226 valence electrons. The van der Waals surface area contributed by atoms with E-state index < -0.39 is 53.8 Å². The van der Waals surface area contributed by atoms with Gasteiger partial charge in [-0.1, -0.05) is 74.3 Å². The van der Waals surface area contributed by atoms with E-state index in [1.54, 1.807) is 33.8 Å². The van der Waals surface area contributed by atoms with Crippen LogP contribution in [0.4, 0.5) is 0 Å². The van der Waals surface area contributed by atoms with E-state index in [-0.39, 0.29) is 29.3 Å². The maximum absolute atomic E-state index is 12.8. The largest absolute Gasteiger partial charge is 0.480 e. The summed E-state index contributed by atoms with van der Waals surface area (Å²) in [7, 11) is 0. The summed E-state index contributed by atoms with van der Waals surface area (Å²) in [5.74, 6) is -4.59. The molecule has 0 aliphatic heterocycles. The highest BCUT2D eigenvalue weighted by Gasteiger charge is 2.36. The first-order chi connectivity index (χ1) is 18.5. The van der Waals surface area contributed by atoms with Gasteiger partial charge in [0.25, 0.3) is 0 Å². The Morgan fingerprint density at radius 2 is 1.38 bits per heavy atom. The summed E-state index contributed by atoms with van der Waals surface area (Å²) in [6, 6.07) is 3.24. The Labute approximate surface area is 239 Å². The summed E-state index contributed by atoms with van der Waals surface area (Å²) in [4.78, 5) is 50.1. The molecule has 0 heterocycles. The van der Waals surface area contributed by atoms with Crippen molar-refractivity contribution in [1.29, 1.82) is 0 Å². The van der Waals surface area contributed by atoms with Gasteiger partial charge in [-0.05, 0) is 42.9 Å². The first-order valence-corrected chi connectivity index (χ1v) is 14.3. The number of carboxylic acids is 1. The monoisotopic (exact) mass is 563 g/mol. The van der Waals surface area contributed by atoms with Crippen LogP contribution in [-0.4, -0.2) is 41.1 Å². The molecule has 0 aliphatic rings. The number of hydrogen-bond acceptors (Lipinski definition) is 8. The van der Waals surface area contributed by atoms with Crippen LogP contribution in [0.15, 0.2) is 18.2 Å². The zero-order chi connectivity index (χ0) is 30.8. The van der Waals surface area contributed by atoms with E-state index in [0.717, 1.165) is 12.8 Å². The molecule has 0 saturated carbocycles. The van der Waals surface area contributed by atoms with Crippen molar-refractivity contribution in [3.05, 3.63) is 23.8 Å². The van der Waals surface area contributed by atoms with E-state index in [2.05, 4.69) is 0 Å². The molecule has 0 aromatic heterocycles. The third-order valence-electron chi connectivity index (χ3n) is 6.99. The van der Waals surface area contributed by atoms with Crippen molar-refractivity contribution in [3.8, 4) is 11.5 Å². The average molecular weight is 564 g/mol. The number of rotatable bonds is 15. The van der Waals surface area contributed by atoms with Gasteiger partial charge in [0.05, 0.1) is 18.3 Å². The smallest absolute Gasteiger partial charge is 0.321 e. The van der Waals surface area contributed by atoms with E-state index in [9.17, 15) is 24.3 Å². The van der Waals surface area contributed by atoms with Gasteiger partial charge in [-0.2, -0.15) is 0 Å². The molecule has 0 aliphatic carbocycles. The van der Waals surface area contributed by atoms with Crippen LogP contribution in [0.1, 0.15) is 106 Å². The van der Waals surface area contributed by atoms with Crippen molar-refractivity contribution in [3.63, 3.8) is 0 Å². The topological polar surface area (TPSA) is 142 Å². The summed E-state index contributed by atoms with van der Waals surface area (Å²) < 4.78 is 17.0. The lowest BCUT2D eigenvalue weighted by molar-refractivity contribution is -0.153. The molecule has 0 radical (unpaired) electrons. The normalized spacial score (nSPS) is 16.1. The number of carbonyl (C=O) groups is 4. The van der Waals surface area contributed by atoms with Gasteiger partial charge in [0, 0.05) is 11.8 Å². The Morgan fingerprint density at radius 1 is 0.875 bits per heavy atom. The van der Waals surface area contributed by atoms with E-state index in [1.807, 2.05) is 34.6 Å². The Morgan fingerprint density at radius 3 is 1.82 bits per heavy atom. The number of nitrogens with two attached hydrogens (primary N) is 1. The lowest BCUT2D eigenvalue weighted by Crippen LogP contribution is -2.42. The minimum Gasteiger partial charge on any atom is -0.480 e. The molecule has 0 spiro atoms. The molecule has 40 heavy (non-hydrogen) atoms. The minimum absolute atomic E-state index is 0.00895. The molecule has 9 heteroatoms. The predicted molar refractivity (Wildman–Crippen MR) is 153 cm³/mol. The molecule has 1 rings (SSSR count). The molecule has 0 fully saturated rings. The second-order valence-electron chi connectivity index (χ2n) is 12.1. The van der Waals surface area contributed by atoms with Gasteiger partial charge in [0.2, 0.25) is 0 Å². The Balaban J connectivity index is 3.49. The number of carboxylic acid groups (broad SMARTS) is 1. The molecule has 5 unspecified atom stereocenters. The molecule has 0 amide bonds. The van der Waals surface area contributed by atoms with Gasteiger partial charge >= 0.3 is 23.9 Å². The summed E-state index contributed by atoms with van der Waals surface area (Å²) in [5, 5.41) is 9.82. The van der Waals surface area contributed by atoms with Crippen molar-refractivity contribution >= 4 is 23.9 Å². The molecule has 1 aromatic rings. The summed E-state index contributed by atoms with van der Waals surface area (Å²) in [6.45, 7) is 16.7. The van der Waals surface area contributed by atoms with Crippen LogP contribution < -0.4 is 15.2 Å². The lowest BCUT2D eigenvalue weighted by Gasteiger charge is -2.32. The second kappa shape index (κ2) is 15.7. The lowest BCUT2D eigenvalue weighted by atomic mass is 9.79. The van der Waals surface area contributed by atoms with E-state index in [4.69, 9.17) is 19.9 Å². The fourth-order valence-corrected chi connectivity index (χ4v) is 4.49. The highest BCUT2D eigenvalue weighted by atomic mass is 16.6. The van der Waals surface area contributed by atoms with Crippen LogP contribution in [0, 0.1) is 23.2 Å². The first kappa shape index (κ1) is 35.1. The van der Waals surface area contributed by atoms with Gasteiger partial charge in [-0.15, -0.1) is 0 Å². The standard InChI is InChI=1S/C31H49NO8/c1-10-12-18(3)29(36)39-23-15-14-22(16-24(23)40-30(37)19(4)13-11-2)26(27(32)28(34)35)20(5)21(6)38-25(33)17-31(7,8)9/h14-16,18-21,26-27H,10-13,17,32H2,1-9H3,(H,34,35)/t18?,19?,20?,21?,26?,27-/m0/s1. The summed E-state index contributed by atoms with van der Waals surface area (Å²) in [6.07, 6.45) is 2.38. The third kappa shape index (κ3) is 10.9. The highest BCUT2D eigenvalue weighted by molar-refractivity contribution is 5.79. The van der Waals surface area contributed by atoms with Crippen LogP contribution >= 0.6 is 0 Å². The van der Waals surface area contributed by atoms with E-state index in [0.29, 0.717) is 18.4 Å². The van der Waals surface area contributed by atoms with Gasteiger partial charge in [-0.25, -0.2) is 0 Å². The number of carbonyl (C=O) groups excluding carboxylic acids is 3. The number of aliphatic carboxylic acids is 1. The number of ether oxygens (including phenoxy) is 3. The van der Waals surface area contributed by atoms with Crippen LogP contribution in [0.3, 0.4) is 0 Å². The van der Waals surface area contributed by atoms with Crippen molar-refractivity contribution < 1.29 is 38.5 Å². The molecular weight excluding hydrogens is 514 g/mol. The fourth-order valence-electron chi connectivity index (χ4n) is 4.49. The van der Waals surface area contributed by atoms with Crippen molar-refractivity contribution in [2.45, 2.75) is 112 Å². The van der Waals surface area contributed by atoms with Crippen LogP contribution in [0.25, 0.3) is 0 Å². The van der Waals surface area contributed by atoms with Gasteiger partial charge in [-0.3, -0.25) is 19.2 Å². The third-order valence-corrected chi connectivity index (χ3v) is 6.99. The van der Waals surface area contributed by atoms with Crippen molar-refractivity contribution in [2.75, 3.05) is 0 Å². The second-order valence-corrected chi connectivity index (χ2v) is 12.1. The van der Waals surface area contributed by atoms with E-state index >= 15 is 0 Å². The predicted octanol–water partition coefficient (Wildman–Crippen LogP) is 5.87. The van der Waals surface area contributed by atoms with Gasteiger partial charge in [0.1, 0.15) is 12.1 Å². The average Bonchev–Trinajstić information content (AvgIpc) is 2.84. The summed E-state index contributed by atoms with van der Waals surface area (Å²) >= 11 is 0. The van der Waals surface area contributed by atoms with Crippen LogP contribution in [0.2, 0.25) is 0 Å². The van der Waals surface area contributed by atoms with Gasteiger partial charge < -0.3 is 25.1 Å². The van der Waals surface area contributed by atoms with Crippen LogP contribution in [0.5, 0.6) is 11.5 Å². The molecule has 0 bridgehead atoms. The molecule has 9 nitrogen and oxygen atoms in total. The maximum Gasteiger partial charge on any atom is 0.321 e. The number of esters is 3. The molecule has 0 saturated heterocycles. The van der Waals surface area contributed by atoms with Crippen molar-refractivity contribution in [1.82, 2.24) is 0 Å². The molecule has 3 N–H and O–H groups in total. The SMILES string of the molecule is CCCC(C)C(=O)Oc1ccc(C(C(C)C(C)OC(=O)CC(C)(C)C)[C@H](N)C(=O)O)cc1OC(=O)C(C)CCC. The molecule has 1 aromatic carbocycles. The summed E-state index contributed by atoms with van der Waals surface area (Å²) in [5.41, 5.74) is 6.34. The minimum atomic E-state index is -1.35. The Hall–Kier alpha value is -2.94. The fraction of sp³-hybridized carbons (Fsp3) is 0.677. The first-order valence-electron chi connectivity index (χ1n) is 14.3. The number of hydrogen-bond donors (Lipinski definition) is 2. The van der Waals surface area contributed by atoms with E-state index in [1.165, 1.54) is 12.1 Å². The van der Waals surface area contributed by atoms with Crippen LogP contribution in [-0.2, 0) is 23.9 Å². The molecular formula is C31H49NO8. The zero-order valence-electron chi connectivity index (χ0n) is 25.6. The number of benzene rings is 1.